The molecule has 1 aromatic carbocycles. The second-order valence-electron chi connectivity index (χ2n) is 8.05. The number of nitrogens with one attached hydrogen (secondary N) is 1. The lowest BCUT2D eigenvalue weighted by molar-refractivity contribution is 0.102. The van der Waals surface area contributed by atoms with Crippen LogP contribution in [0.5, 0.6) is 5.75 Å². The minimum absolute atomic E-state index is 0.295. The van der Waals surface area contributed by atoms with Crippen LogP contribution in [0.15, 0.2) is 36.5 Å². The number of benzene rings is 1. The molecule has 1 saturated carbocycles. The van der Waals surface area contributed by atoms with Crippen molar-refractivity contribution in [2.75, 3.05) is 29.0 Å². The molecule has 2 heterocycles. The Morgan fingerprint density at radius 2 is 2.03 bits per heavy atom. The lowest BCUT2D eigenvalue weighted by Crippen LogP contribution is -2.27. The summed E-state index contributed by atoms with van der Waals surface area (Å²) in [6.07, 6.45) is 9.56. The monoisotopic (exact) mass is 429 g/mol. The highest BCUT2D eigenvalue weighted by Crippen LogP contribution is 2.31. The highest BCUT2D eigenvalue weighted by Gasteiger charge is 2.27. The van der Waals surface area contributed by atoms with Crippen LogP contribution in [0.2, 0.25) is 0 Å². The molecular weight excluding hydrogens is 402 g/mol. The highest BCUT2D eigenvalue weighted by molar-refractivity contribution is 7.92. The topological polar surface area (TPSA) is 88.6 Å². The van der Waals surface area contributed by atoms with E-state index in [1.807, 2.05) is 6.07 Å². The summed E-state index contributed by atoms with van der Waals surface area (Å²) in [4.78, 5) is 17.1. The van der Waals surface area contributed by atoms with Crippen molar-refractivity contribution in [3.8, 4) is 5.75 Å². The molecule has 0 saturated heterocycles. The zero-order valence-electron chi connectivity index (χ0n) is 17.1. The molecular formula is C22H27N3O4S. The van der Waals surface area contributed by atoms with Gasteiger partial charge in [-0.25, -0.2) is 13.4 Å². The predicted molar refractivity (Wildman–Crippen MR) is 117 cm³/mol. The standard InChI is InChI=1S/C22H27N3O4S/c1-30(27,28)25-13-11-17-14-18(9-10-19(17)25)22(26)24-21-20(8-5-12-23-21)29-15-16-6-3-2-4-7-16/h5,8-10,12,14,16H,2-4,6-7,11,13,15H2,1H3,(H,23,24,26). The summed E-state index contributed by atoms with van der Waals surface area (Å²) >= 11 is 0. The normalized spacial score (nSPS) is 16.9. The maximum absolute atomic E-state index is 12.8. The van der Waals surface area contributed by atoms with Crippen LogP contribution < -0.4 is 14.4 Å². The van der Waals surface area contributed by atoms with Crippen LogP contribution in [-0.2, 0) is 16.4 Å². The number of hydrogen-bond acceptors (Lipinski definition) is 5. The summed E-state index contributed by atoms with van der Waals surface area (Å²) in [5.41, 5.74) is 1.96. The van der Waals surface area contributed by atoms with Crippen molar-refractivity contribution >= 4 is 27.4 Å². The van der Waals surface area contributed by atoms with Crippen LogP contribution in [0, 0.1) is 5.92 Å². The fourth-order valence-corrected chi connectivity index (χ4v) is 5.16. The second kappa shape index (κ2) is 8.63. The van der Waals surface area contributed by atoms with Gasteiger partial charge in [-0.2, -0.15) is 0 Å². The lowest BCUT2D eigenvalue weighted by Gasteiger charge is -2.22. The SMILES string of the molecule is CS(=O)(=O)N1CCc2cc(C(=O)Nc3ncccc3OCC3CCCCC3)ccc21. The third-order valence-corrected chi connectivity index (χ3v) is 6.98. The molecule has 1 aliphatic carbocycles. The number of carbonyl (C=O) groups excluding carboxylic acids is 1. The van der Waals surface area contributed by atoms with Gasteiger partial charge < -0.3 is 10.1 Å². The molecule has 7 nitrogen and oxygen atoms in total. The Labute approximate surface area is 177 Å². The molecule has 0 atom stereocenters. The zero-order chi connectivity index (χ0) is 21.1. The van der Waals surface area contributed by atoms with Crippen molar-refractivity contribution in [1.82, 2.24) is 4.98 Å². The van der Waals surface area contributed by atoms with Gasteiger partial charge in [0.25, 0.3) is 5.91 Å². The lowest BCUT2D eigenvalue weighted by atomic mass is 9.90. The first-order chi connectivity index (χ1) is 14.4. The molecule has 160 valence electrons. The summed E-state index contributed by atoms with van der Waals surface area (Å²) in [5.74, 6) is 1.23. The Morgan fingerprint density at radius 3 is 2.80 bits per heavy atom. The Morgan fingerprint density at radius 1 is 1.23 bits per heavy atom. The largest absolute Gasteiger partial charge is 0.489 e. The van der Waals surface area contributed by atoms with Crippen molar-refractivity contribution in [2.24, 2.45) is 5.92 Å². The molecule has 2 aromatic rings. The molecule has 1 fully saturated rings. The number of fused-ring (bicyclic) bond motifs is 1. The Balaban J connectivity index is 1.46. The number of aromatic nitrogens is 1. The van der Waals surface area contributed by atoms with Crippen molar-refractivity contribution in [3.63, 3.8) is 0 Å². The number of ether oxygens (including phenoxy) is 1. The van der Waals surface area contributed by atoms with Crippen molar-refractivity contribution < 1.29 is 17.9 Å². The van der Waals surface area contributed by atoms with E-state index in [2.05, 4.69) is 10.3 Å². The third kappa shape index (κ3) is 4.59. The van der Waals surface area contributed by atoms with E-state index < -0.39 is 10.0 Å². The van der Waals surface area contributed by atoms with Crippen molar-refractivity contribution in [1.29, 1.82) is 0 Å². The maximum Gasteiger partial charge on any atom is 0.256 e. The fourth-order valence-electron chi connectivity index (χ4n) is 4.20. The number of anilines is 2. The van der Waals surface area contributed by atoms with Gasteiger partial charge in [-0.1, -0.05) is 19.3 Å². The number of hydrogen-bond donors (Lipinski definition) is 1. The number of sulfonamides is 1. The minimum Gasteiger partial charge on any atom is -0.489 e. The molecule has 8 heteroatoms. The molecule has 1 aliphatic heterocycles. The maximum atomic E-state index is 12.8. The van der Waals surface area contributed by atoms with Crippen LogP contribution in [0.1, 0.15) is 48.0 Å². The van der Waals surface area contributed by atoms with Gasteiger partial charge in [0, 0.05) is 18.3 Å². The van der Waals surface area contributed by atoms with E-state index in [4.69, 9.17) is 4.74 Å². The highest BCUT2D eigenvalue weighted by atomic mass is 32.2. The summed E-state index contributed by atoms with van der Waals surface area (Å²) in [5, 5.41) is 2.84. The molecule has 2 aliphatic rings. The number of rotatable bonds is 6. The molecule has 0 radical (unpaired) electrons. The van der Waals surface area contributed by atoms with Gasteiger partial charge in [0.15, 0.2) is 11.6 Å². The first kappa shape index (κ1) is 20.7. The molecule has 4 rings (SSSR count). The number of carbonyl (C=O) groups is 1. The Bertz CT molecular complexity index is 1030. The van der Waals surface area contributed by atoms with Crippen molar-refractivity contribution in [2.45, 2.75) is 38.5 Å². The molecule has 0 bridgehead atoms. The first-order valence-electron chi connectivity index (χ1n) is 10.4. The molecule has 30 heavy (non-hydrogen) atoms. The van der Waals surface area contributed by atoms with Crippen LogP contribution >= 0.6 is 0 Å². The number of pyridine rings is 1. The number of nitrogens with zero attached hydrogens (tertiary/aromatic N) is 2. The quantitative estimate of drug-likeness (QED) is 0.758. The van der Waals surface area contributed by atoms with E-state index >= 15 is 0 Å². The van der Waals surface area contributed by atoms with Crippen LogP contribution in [0.25, 0.3) is 0 Å². The van der Waals surface area contributed by atoms with Gasteiger partial charge >= 0.3 is 0 Å². The zero-order valence-corrected chi connectivity index (χ0v) is 18.0. The van der Waals surface area contributed by atoms with E-state index in [0.29, 0.717) is 48.3 Å². The summed E-state index contributed by atoms with van der Waals surface area (Å²) in [6, 6.07) is 8.70. The summed E-state index contributed by atoms with van der Waals surface area (Å²) < 4.78 is 31.2. The van der Waals surface area contributed by atoms with Crippen LogP contribution in [0.3, 0.4) is 0 Å². The Kier molecular flexibility index (Phi) is 5.94. The molecule has 1 N–H and O–H groups in total. The summed E-state index contributed by atoms with van der Waals surface area (Å²) in [6.45, 7) is 1.04. The Hall–Kier alpha value is -2.61. The van der Waals surface area contributed by atoms with Crippen LogP contribution in [0.4, 0.5) is 11.5 Å². The van der Waals surface area contributed by atoms with E-state index in [0.717, 1.165) is 5.56 Å². The van der Waals surface area contributed by atoms with Gasteiger partial charge in [0.1, 0.15) is 0 Å². The number of amides is 1. The average molecular weight is 430 g/mol. The van der Waals surface area contributed by atoms with Crippen molar-refractivity contribution in [3.05, 3.63) is 47.7 Å². The molecule has 1 amide bonds. The minimum atomic E-state index is -3.31. The van der Waals surface area contributed by atoms with E-state index in [-0.39, 0.29) is 5.91 Å². The van der Waals surface area contributed by atoms with E-state index in [1.54, 1.807) is 30.5 Å². The van der Waals surface area contributed by atoms with Gasteiger partial charge in [-0.15, -0.1) is 0 Å². The van der Waals surface area contributed by atoms with Gasteiger partial charge in [-0.3, -0.25) is 9.10 Å². The third-order valence-electron chi connectivity index (χ3n) is 5.80. The molecule has 0 spiro atoms. The van der Waals surface area contributed by atoms with E-state index in [1.165, 1.54) is 42.7 Å². The second-order valence-corrected chi connectivity index (χ2v) is 9.95. The predicted octanol–water partition coefficient (Wildman–Crippen LogP) is 3.62. The summed E-state index contributed by atoms with van der Waals surface area (Å²) in [7, 11) is -3.31. The van der Waals surface area contributed by atoms with E-state index in [9.17, 15) is 13.2 Å². The van der Waals surface area contributed by atoms with Gasteiger partial charge in [-0.05, 0) is 61.1 Å². The smallest absolute Gasteiger partial charge is 0.256 e. The fraction of sp³-hybridized carbons (Fsp3) is 0.455. The van der Waals surface area contributed by atoms with Gasteiger partial charge in [0.2, 0.25) is 10.0 Å². The van der Waals surface area contributed by atoms with Gasteiger partial charge in [0.05, 0.1) is 18.6 Å². The van der Waals surface area contributed by atoms with Crippen LogP contribution in [-0.4, -0.2) is 38.7 Å². The molecule has 0 unspecified atom stereocenters. The first-order valence-corrected chi connectivity index (χ1v) is 12.3. The average Bonchev–Trinajstić information content (AvgIpc) is 3.17. The molecule has 1 aromatic heterocycles.